The number of halogens is 1. The number of hydrogen-bond acceptors (Lipinski definition) is 7. The van der Waals surface area contributed by atoms with Crippen LogP contribution in [0, 0.1) is 5.82 Å². The Hall–Kier alpha value is -3.57. The maximum absolute atomic E-state index is 13.4. The summed E-state index contributed by atoms with van der Waals surface area (Å²) in [6, 6.07) is 11.3. The lowest BCUT2D eigenvalue weighted by molar-refractivity contribution is 0.100. The molecule has 0 fully saturated rings. The third-order valence-electron chi connectivity index (χ3n) is 3.56. The second kappa shape index (κ2) is 7.58. The molecule has 3 aromatic rings. The Balaban J connectivity index is 1.94. The lowest BCUT2D eigenvalue weighted by Gasteiger charge is -2.12. The van der Waals surface area contributed by atoms with Crippen molar-refractivity contribution in [2.45, 2.75) is 4.90 Å². The minimum absolute atomic E-state index is 0.00639. The van der Waals surface area contributed by atoms with E-state index in [1.165, 1.54) is 42.6 Å². The highest BCUT2D eigenvalue weighted by atomic mass is 32.2. The van der Waals surface area contributed by atoms with Gasteiger partial charge in [-0.05, 0) is 36.4 Å². The number of carbonyl (C=O) groups is 1. The second-order valence-electron chi connectivity index (χ2n) is 5.65. The zero-order valence-corrected chi connectivity index (χ0v) is 15.1. The number of benzene rings is 2. The number of carbonyl (C=O) groups excluding carboxylic acids is 1. The Morgan fingerprint density at radius 2 is 1.71 bits per heavy atom. The topological polar surface area (TPSA) is 153 Å². The molecule has 28 heavy (non-hydrogen) atoms. The van der Waals surface area contributed by atoms with Gasteiger partial charge in [-0.3, -0.25) is 4.79 Å². The molecule has 9 nitrogen and oxygen atoms in total. The molecule has 0 unspecified atom stereocenters. The second-order valence-corrected chi connectivity index (χ2v) is 7.21. The third kappa shape index (κ3) is 4.58. The van der Waals surface area contributed by atoms with Gasteiger partial charge in [0.15, 0.2) is 0 Å². The van der Waals surface area contributed by atoms with Gasteiger partial charge < -0.3 is 16.4 Å². The van der Waals surface area contributed by atoms with E-state index in [9.17, 15) is 17.6 Å². The number of anilines is 4. The standard InChI is InChI=1S/C17H15FN6O3S/c18-10-3-1-4-11(7-10)22-16-14(15(19)25)9-21-17(24-16)23-12-5-2-6-13(8-12)28(20,26)27/h1-9H,(H2,19,25)(H2,20,26,27)(H2,21,22,23,24). The van der Waals surface area contributed by atoms with Crippen LogP contribution in [0.25, 0.3) is 0 Å². The highest BCUT2D eigenvalue weighted by Gasteiger charge is 2.14. The Bertz CT molecular complexity index is 1150. The monoisotopic (exact) mass is 402 g/mol. The van der Waals surface area contributed by atoms with Crippen LogP contribution in [0.1, 0.15) is 10.4 Å². The molecule has 1 aromatic heterocycles. The summed E-state index contributed by atoms with van der Waals surface area (Å²) in [5, 5.41) is 10.7. The Labute approximate surface area is 159 Å². The lowest BCUT2D eigenvalue weighted by Crippen LogP contribution is -2.16. The van der Waals surface area contributed by atoms with Crippen molar-refractivity contribution in [3.63, 3.8) is 0 Å². The number of amides is 1. The van der Waals surface area contributed by atoms with Crippen molar-refractivity contribution in [1.29, 1.82) is 0 Å². The molecule has 1 heterocycles. The van der Waals surface area contributed by atoms with Gasteiger partial charge in [-0.15, -0.1) is 0 Å². The highest BCUT2D eigenvalue weighted by molar-refractivity contribution is 7.89. The molecule has 0 radical (unpaired) electrons. The van der Waals surface area contributed by atoms with Crippen LogP contribution in [-0.2, 0) is 10.0 Å². The Kier molecular flexibility index (Phi) is 5.20. The Morgan fingerprint density at radius 1 is 1.04 bits per heavy atom. The van der Waals surface area contributed by atoms with Crippen molar-refractivity contribution in [1.82, 2.24) is 9.97 Å². The van der Waals surface area contributed by atoms with Gasteiger partial charge in [0.2, 0.25) is 16.0 Å². The molecular formula is C17H15FN6O3S. The van der Waals surface area contributed by atoms with Crippen LogP contribution >= 0.6 is 0 Å². The molecule has 0 saturated carbocycles. The predicted molar refractivity (Wildman–Crippen MR) is 101 cm³/mol. The fourth-order valence-electron chi connectivity index (χ4n) is 2.30. The van der Waals surface area contributed by atoms with Crippen LogP contribution in [0.3, 0.4) is 0 Å². The average molecular weight is 402 g/mol. The minimum atomic E-state index is -3.88. The Morgan fingerprint density at radius 3 is 2.36 bits per heavy atom. The number of nitrogens with two attached hydrogens (primary N) is 2. The molecule has 2 aromatic carbocycles. The largest absolute Gasteiger partial charge is 0.365 e. The van der Waals surface area contributed by atoms with E-state index in [0.29, 0.717) is 11.4 Å². The first kappa shape index (κ1) is 19.2. The van der Waals surface area contributed by atoms with Gasteiger partial charge in [0, 0.05) is 17.6 Å². The minimum Gasteiger partial charge on any atom is -0.365 e. The van der Waals surface area contributed by atoms with Crippen LogP contribution in [0.4, 0.5) is 27.5 Å². The molecular weight excluding hydrogens is 387 g/mol. The molecule has 0 saturated heterocycles. The van der Waals surface area contributed by atoms with E-state index in [2.05, 4.69) is 20.6 Å². The van der Waals surface area contributed by atoms with Gasteiger partial charge in [0.1, 0.15) is 17.2 Å². The maximum Gasteiger partial charge on any atom is 0.254 e. The third-order valence-corrected chi connectivity index (χ3v) is 4.47. The lowest BCUT2D eigenvalue weighted by atomic mass is 10.2. The van der Waals surface area contributed by atoms with Gasteiger partial charge in [-0.2, -0.15) is 4.98 Å². The van der Waals surface area contributed by atoms with Crippen molar-refractivity contribution in [3.05, 3.63) is 66.1 Å². The summed E-state index contributed by atoms with van der Waals surface area (Å²) in [6.07, 6.45) is 1.20. The zero-order chi connectivity index (χ0) is 20.3. The van der Waals surface area contributed by atoms with Crippen LogP contribution in [0.15, 0.2) is 59.6 Å². The van der Waals surface area contributed by atoms with E-state index in [-0.39, 0.29) is 22.2 Å². The number of rotatable bonds is 6. The summed E-state index contributed by atoms with van der Waals surface area (Å²) in [7, 11) is -3.88. The molecule has 3 rings (SSSR count). The smallest absolute Gasteiger partial charge is 0.254 e. The van der Waals surface area contributed by atoms with E-state index in [4.69, 9.17) is 10.9 Å². The SMILES string of the molecule is NC(=O)c1cnc(Nc2cccc(S(N)(=O)=O)c2)nc1Nc1cccc(F)c1. The van der Waals surface area contributed by atoms with Crippen molar-refractivity contribution in [2.24, 2.45) is 10.9 Å². The van der Waals surface area contributed by atoms with Crippen molar-refractivity contribution < 1.29 is 17.6 Å². The van der Waals surface area contributed by atoms with Crippen molar-refractivity contribution >= 4 is 39.1 Å². The fraction of sp³-hybridized carbons (Fsp3) is 0. The molecule has 0 spiro atoms. The van der Waals surface area contributed by atoms with Crippen molar-refractivity contribution in [3.8, 4) is 0 Å². The van der Waals surface area contributed by atoms with Gasteiger partial charge >= 0.3 is 0 Å². The van der Waals surface area contributed by atoms with Crippen LogP contribution in [0.2, 0.25) is 0 Å². The summed E-state index contributed by atoms with van der Waals surface area (Å²) in [4.78, 5) is 19.7. The first-order valence-electron chi connectivity index (χ1n) is 7.82. The molecule has 6 N–H and O–H groups in total. The summed E-state index contributed by atoms with van der Waals surface area (Å²) in [5.41, 5.74) is 6.03. The molecule has 0 bridgehead atoms. The van der Waals surface area contributed by atoms with Gasteiger partial charge in [-0.1, -0.05) is 12.1 Å². The number of primary amides is 1. The van der Waals surface area contributed by atoms with E-state index >= 15 is 0 Å². The molecule has 0 aliphatic heterocycles. The number of nitrogens with zero attached hydrogens (tertiary/aromatic N) is 2. The molecule has 144 valence electrons. The van der Waals surface area contributed by atoms with Crippen LogP contribution in [-0.4, -0.2) is 24.3 Å². The van der Waals surface area contributed by atoms with E-state index < -0.39 is 21.7 Å². The summed E-state index contributed by atoms with van der Waals surface area (Å²) >= 11 is 0. The molecule has 0 aliphatic carbocycles. The van der Waals surface area contributed by atoms with E-state index in [0.717, 1.165) is 0 Å². The molecule has 0 atom stereocenters. The normalized spacial score (nSPS) is 11.1. The highest BCUT2D eigenvalue weighted by Crippen LogP contribution is 2.22. The molecule has 11 heteroatoms. The van der Waals surface area contributed by atoms with Gasteiger partial charge in [0.25, 0.3) is 5.91 Å². The molecule has 0 aliphatic rings. The van der Waals surface area contributed by atoms with Gasteiger partial charge in [0.05, 0.1) is 4.90 Å². The van der Waals surface area contributed by atoms with E-state index in [1.807, 2.05) is 0 Å². The predicted octanol–water partition coefficient (Wildman–Crippen LogP) is 1.85. The summed E-state index contributed by atoms with van der Waals surface area (Å²) in [5.74, 6) is -1.15. The van der Waals surface area contributed by atoms with Gasteiger partial charge in [-0.25, -0.2) is 22.9 Å². The number of primary sulfonamides is 1. The number of aromatic nitrogens is 2. The van der Waals surface area contributed by atoms with E-state index in [1.54, 1.807) is 12.1 Å². The quantitative estimate of drug-likeness (QED) is 0.491. The molecule has 1 amide bonds. The average Bonchev–Trinajstić information content (AvgIpc) is 2.61. The number of hydrogen-bond donors (Lipinski definition) is 4. The summed E-state index contributed by atoms with van der Waals surface area (Å²) < 4.78 is 36.3. The first-order chi connectivity index (χ1) is 13.2. The fourth-order valence-corrected chi connectivity index (χ4v) is 2.86. The summed E-state index contributed by atoms with van der Waals surface area (Å²) in [6.45, 7) is 0. The first-order valence-corrected chi connectivity index (χ1v) is 9.36. The maximum atomic E-state index is 13.4. The van der Waals surface area contributed by atoms with Crippen LogP contribution < -0.4 is 21.5 Å². The zero-order valence-electron chi connectivity index (χ0n) is 14.3. The van der Waals surface area contributed by atoms with Crippen LogP contribution in [0.5, 0.6) is 0 Å². The number of sulfonamides is 1. The van der Waals surface area contributed by atoms with Crippen molar-refractivity contribution in [2.75, 3.05) is 10.6 Å². The number of nitrogens with one attached hydrogen (secondary N) is 2.